The number of fused-ring (bicyclic) bond motifs is 1. The van der Waals surface area contributed by atoms with Crippen molar-refractivity contribution in [1.29, 1.82) is 0 Å². The molecular formula is C19H20N4O2S. The summed E-state index contributed by atoms with van der Waals surface area (Å²) < 4.78 is 1.14. The molecule has 1 atom stereocenters. The number of rotatable bonds is 6. The van der Waals surface area contributed by atoms with Crippen LogP contribution in [0.1, 0.15) is 28.3 Å². The number of thiazole rings is 1. The summed E-state index contributed by atoms with van der Waals surface area (Å²) in [6.45, 7) is 2.27. The summed E-state index contributed by atoms with van der Waals surface area (Å²) in [7, 11) is 1.90. The molecule has 2 amide bonds. The minimum absolute atomic E-state index is 0.0235. The number of para-hydroxylation sites is 1. The lowest BCUT2D eigenvalue weighted by molar-refractivity contribution is -0.117. The van der Waals surface area contributed by atoms with E-state index in [1.165, 1.54) is 0 Å². The van der Waals surface area contributed by atoms with Crippen LogP contribution in [-0.2, 0) is 4.79 Å². The van der Waals surface area contributed by atoms with Gasteiger partial charge in [-0.15, -0.1) is 11.3 Å². The van der Waals surface area contributed by atoms with Crippen LogP contribution in [0, 0.1) is 0 Å². The molecule has 1 aromatic heterocycles. The molecule has 134 valence electrons. The normalized spacial score (nSPS) is 12.3. The maximum absolute atomic E-state index is 12.3. The molecule has 0 fully saturated rings. The standard InChI is InChI=1S/C19H20N4O2S/c1-12(19-22-15-5-3-4-6-16(15)26-19)23(2)11-17(24)21-14-9-7-13(8-10-14)18(20)25/h3-10,12H,11H2,1-2H3,(H2,20,25)(H,21,24)/t12-/m0/s1. The number of hydrogen-bond donors (Lipinski definition) is 2. The lowest BCUT2D eigenvalue weighted by atomic mass is 10.2. The molecule has 0 aliphatic heterocycles. The van der Waals surface area contributed by atoms with Gasteiger partial charge >= 0.3 is 0 Å². The molecule has 26 heavy (non-hydrogen) atoms. The fourth-order valence-corrected chi connectivity index (χ4v) is 3.62. The minimum atomic E-state index is -0.493. The number of hydrogen-bond acceptors (Lipinski definition) is 5. The summed E-state index contributed by atoms with van der Waals surface area (Å²) in [6, 6.07) is 14.5. The molecule has 7 heteroatoms. The Morgan fingerprint density at radius 3 is 2.54 bits per heavy atom. The Morgan fingerprint density at radius 1 is 1.19 bits per heavy atom. The number of amides is 2. The van der Waals surface area contributed by atoms with Gasteiger partial charge in [0.15, 0.2) is 0 Å². The fraction of sp³-hybridized carbons (Fsp3) is 0.211. The zero-order valence-electron chi connectivity index (χ0n) is 14.6. The van der Waals surface area contributed by atoms with Gasteiger partial charge in [-0.3, -0.25) is 14.5 Å². The molecule has 6 nitrogen and oxygen atoms in total. The highest BCUT2D eigenvalue weighted by Crippen LogP contribution is 2.28. The molecule has 0 unspecified atom stereocenters. The number of nitrogens with zero attached hydrogens (tertiary/aromatic N) is 2. The van der Waals surface area contributed by atoms with Gasteiger partial charge in [-0.25, -0.2) is 4.98 Å². The number of nitrogens with two attached hydrogens (primary N) is 1. The van der Waals surface area contributed by atoms with E-state index in [9.17, 15) is 9.59 Å². The highest BCUT2D eigenvalue weighted by Gasteiger charge is 2.18. The summed E-state index contributed by atoms with van der Waals surface area (Å²) in [6.07, 6.45) is 0. The minimum Gasteiger partial charge on any atom is -0.366 e. The van der Waals surface area contributed by atoms with Gasteiger partial charge in [-0.1, -0.05) is 12.1 Å². The number of benzene rings is 2. The van der Waals surface area contributed by atoms with Gasteiger partial charge in [0, 0.05) is 11.3 Å². The molecular weight excluding hydrogens is 348 g/mol. The fourth-order valence-electron chi connectivity index (χ4n) is 2.54. The van der Waals surface area contributed by atoms with E-state index in [1.807, 2.05) is 43.1 Å². The number of anilines is 1. The van der Waals surface area contributed by atoms with Crippen LogP contribution in [0.2, 0.25) is 0 Å². The quantitative estimate of drug-likeness (QED) is 0.700. The second kappa shape index (κ2) is 7.63. The summed E-state index contributed by atoms with van der Waals surface area (Å²) >= 11 is 1.64. The molecule has 0 radical (unpaired) electrons. The van der Waals surface area contributed by atoms with Crippen LogP contribution in [0.15, 0.2) is 48.5 Å². The second-order valence-corrected chi connectivity index (χ2v) is 7.16. The first-order valence-corrected chi connectivity index (χ1v) is 9.01. The molecule has 0 aliphatic carbocycles. The number of likely N-dealkylation sites (N-methyl/N-ethyl adjacent to an activating group) is 1. The van der Waals surface area contributed by atoms with E-state index in [0.29, 0.717) is 11.3 Å². The Balaban J connectivity index is 1.61. The topological polar surface area (TPSA) is 88.3 Å². The first kappa shape index (κ1) is 18.0. The van der Waals surface area contributed by atoms with Crippen LogP contribution >= 0.6 is 11.3 Å². The molecule has 0 saturated carbocycles. The van der Waals surface area contributed by atoms with Crippen molar-refractivity contribution in [2.45, 2.75) is 13.0 Å². The number of nitrogens with one attached hydrogen (secondary N) is 1. The Hall–Kier alpha value is -2.77. The largest absolute Gasteiger partial charge is 0.366 e. The SMILES string of the molecule is C[C@@H](c1nc2ccccc2s1)N(C)CC(=O)Nc1ccc(C(N)=O)cc1. The van der Waals surface area contributed by atoms with Crippen molar-refractivity contribution < 1.29 is 9.59 Å². The van der Waals surface area contributed by atoms with Gasteiger partial charge in [-0.05, 0) is 50.4 Å². The highest BCUT2D eigenvalue weighted by molar-refractivity contribution is 7.18. The number of carbonyl (C=O) groups is 2. The van der Waals surface area contributed by atoms with Crippen molar-refractivity contribution in [3.8, 4) is 0 Å². The second-order valence-electron chi connectivity index (χ2n) is 6.10. The van der Waals surface area contributed by atoms with Crippen molar-refractivity contribution in [2.24, 2.45) is 5.73 Å². The Bertz CT molecular complexity index is 903. The van der Waals surface area contributed by atoms with Crippen molar-refractivity contribution >= 4 is 39.1 Å². The smallest absolute Gasteiger partial charge is 0.248 e. The average Bonchev–Trinajstić information content (AvgIpc) is 3.05. The van der Waals surface area contributed by atoms with Crippen LogP contribution < -0.4 is 11.1 Å². The zero-order valence-corrected chi connectivity index (χ0v) is 15.4. The van der Waals surface area contributed by atoms with Crippen LogP contribution in [0.25, 0.3) is 10.2 Å². The summed E-state index contributed by atoms with van der Waals surface area (Å²) in [5, 5.41) is 3.80. The summed E-state index contributed by atoms with van der Waals surface area (Å²) in [4.78, 5) is 30.0. The van der Waals surface area contributed by atoms with Crippen LogP contribution in [0.5, 0.6) is 0 Å². The number of primary amides is 1. The molecule has 2 aromatic carbocycles. The summed E-state index contributed by atoms with van der Waals surface area (Å²) in [5.41, 5.74) is 7.22. The van der Waals surface area contributed by atoms with Crippen LogP contribution in [-0.4, -0.2) is 35.3 Å². The van der Waals surface area contributed by atoms with Crippen molar-refractivity contribution in [3.63, 3.8) is 0 Å². The third-order valence-corrected chi connectivity index (χ3v) is 5.38. The average molecular weight is 368 g/mol. The van der Waals surface area contributed by atoms with E-state index in [4.69, 9.17) is 5.73 Å². The Morgan fingerprint density at radius 2 is 1.88 bits per heavy atom. The van der Waals surface area contributed by atoms with Crippen LogP contribution in [0.3, 0.4) is 0 Å². The van der Waals surface area contributed by atoms with Gasteiger partial charge in [0.1, 0.15) is 5.01 Å². The van der Waals surface area contributed by atoms with E-state index in [1.54, 1.807) is 35.6 Å². The van der Waals surface area contributed by atoms with Gasteiger partial charge in [0.05, 0.1) is 22.8 Å². The zero-order chi connectivity index (χ0) is 18.7. The van der Waals surface area contributed by atoms with Gasteiger partial charge in [0.25, 0.3) is 0 Å². The molecule has 0 bridgehead atoms. The molecule has 3 rings (SSSR count). The van der Waals surface area contributed by atoms with Crippen molar-refractivity contribution in [2.75, 3.05) is 18.9 Å². The van der Waals surface area contributed by atoms with Gasteiger partial charge < -0.3 is 11.1 Å². The van der Waals surface area contributed by atoms with Gasteiger partial charge in [-0.2, -0.15) is 0 Å². The first-order chi connectivity index (χ1) is 12.4. The molecule has 0 aliphatic rings. The third-order valence-electron chi connectivity index (χ3n) is 4.18. The molecule has 1 heterocycles. The number of aromatic nitrogens is 1. The van der Waals surface area contributed by atoms with Crippen molar-refractivity contribution in [3.05, 3.63) is 59.1 Å². The van der Waals surface area contributed by atoms with E-state index in [-0.39, 0.29) is 18.5 Å². The first-order valence-electron chi connectivity index (χ1n) is 8.19. The molecule has 0 spiro atoms. The maximum atomic E-state index is 12.3. The number of carbonyl (C=O) groups excluding carboxylic acids is 2. The Kier molecular flexibility index (Phi) is 5.29. The maximum Gasteiger partial charge on any atom is 0.248 e. The lowest BCUT2D eigenvalue weighted by Gasteiger charge is -2.22. The Labute approximate surface area is 155 Å². The van der Waals surface area contributed by atoms with Gasteiger partial charge in [0.2, 0.25) is 11.8 Å². The monoisotopic (exact) mass is 368 g/mol. The van der Waals surface area contributed by atoms with E-state index in [2.05, 4.69) is 10.3 Å². The van der Waals surface area contributed by atoms with E-state index >= 15 is 0 Å². The molecule has 3 N–H and O–H groups in total. The highest BCUT2D eigenvalue weighted by atomic mass is 32.1. The van der Waals surface area contributed by atoms with E-state index < -0.39 is 5.91 Å². The molecule has 3 aromatic rings. The predicted octanol–water partition coefficient (Wildman–Crippen LogP) is 3.03. The third kappa shape index (κ3) is 4.07. The molecule has 0 saturated heterocycles. The van der Waals surface area contributed by atoms with E-state index in [0.717, 1.165) is 15.2 Å². The summed E-state index contributed by atoms with van der Waals surface area (Å²) in [5.74, 6) is -0.625. The van der Waals surface area contributed by atoms with Crippen molar-refractivity contribution in [1.82, 2.24) is 9.88 Å². The predicted molar refractivity (Wildman–Crippen MR) is 104 cm³/mol. The van der Waals surface area contributed by atoms with Crippen LogP contribution in [0.4, 0.5) is 5.69 Å². The lowest BCUT2D eigenvalue weighted by Crippen LogP contribution is -2.32.